The van der Waals surface area contributed by atoms with Gasteiger partial charge in [0.2, 0.25) is 0 Å². The molecule has 18 heavy (non-hydrogen) atoms. The van der Waals surface area contributed by atoms with Gasteiger partial charge in [0.25, 0.3) is 0 Å². The summed E-state index contributed by atoms with van der Waals surface area (Å²) in [7, 11) is 1.32. The lowest BCUT2D eigenvalue weighted by molar-refractivity contribution is 0.371. The van der Waals surface area contributed by atoms with Crippen molar-refractivity contribution in [1.82, 2.24) is 14.5 Å². The lowest BCUT2D eigenvalue weighted by Crippen LogP contribution is -2.36. The molecule has 0 fully saturated rings. The number of hydrogen-bond donors (Lipinski definition) is 1. The van der Waals surface area contributed by atoms with Crippen LogP contribution in [0.3, 0.4) is 0 Å². The number of hydrogen-bond acceptors (Lipinski definition) is 4. The van der Waals surface area contributed by atoms with Crippen molar-refractivity contribution < 1.29 is 4.74 Å². The fraction of sp³-hybridized carbons (Fsp3) is 0.182. The highest BCUT2D eigenvalue weighted by atomic mass is 35.5. The van der Waals surface area contributed by atoms with Crippen LogP contribution in [-0.4, -0.2) is 21.6 Å². The van der Waals surface area contributed by atoms with Gasteiger partial charge in [-0.3, -0.25) is 4.98 Å². The third-order valence-electron chi connectivity index (χ3n) is 2.40. The maximum absolute atomic E-state index is 11.8. The van der Waals surface area contributed by atoms with Crippen LogP contribution in [0.15, 0.2) is 27.8 Å². The molecule has 0 aliphatic heterocycles. The van der Waals surface area contributed by atoms with Gasteiger partial charge in [0.1, 0.15) is 0 Å². The van der Waals surface area contributed by atoms with Crippen LogP contribution < -0.4 is 16.1 Å². The van der Waals surface area contributed by atoms with Crippen LogP contribution in [-0.2, 0) is 0 Å². The summed E-state index contributed by atoms with van der Waals surface area (Å²) in [4.78, 5) is 29.5. The fourth-order valence-electron chi connectivity index (χ4n) is 1.58. The van der Waals surface area contributed by atoms with Crippen molar-refractivity contribution in [2.75, 3.05) is 7.11 Å². The quantitative estimate of drug-likeness (QED) is 0.877. The van der Waals surface area contributed by atoms with Gasteiger partial charge in [0, 0.05) is 5.02 Å². The third kappa shape index (κ3) is 2.14. The molecule has 2 aromatic rings. The fourth-order valence-corrected chi connectivity index (χ4v) is 1.80. The number of benzene rings is 1. The summed E-state index contributed by atoms with van der Waals surface area (Å²) in [6, 6.07) is 4.73. The second kappa shape index (κ2) is 4.66. The van der Waals surface area contributed by atoms with E-state index in [9.17, 15) is 9.59 Å². The predicted octanol–water partition coefficient (Wildman–Crippen LogP) is 0.891. The Morgan fingerprint density at radius 2 is 2.11 bits per heavy atom. The van der Waals surface area contributed by atoms with Crippen LogP contribution in [0.4, 0.5) is 0 Å². The molecule has 1 N–H and O–H groups in total. The largest absolute Gasteiger partial charge is 0.468 e. The molecule has 0 unspecified atom stereocenters. The highest BCUT2D eigenvalue weighted by molar-refractivity contribution is 6.30. The third-order valence-corrected chi connectivity index (χ3v) is 2.63. The van der Waals surface area contributed by atoms with Gasteiger partial charge in [0.05, 0.1) is 12.8 Å². The van der Waals surface area contributed by atoms with Crippen molar-refractivity contribution in [3.8, 4) is 11.7 Å². The lowest BCUT2D eigenvalue weighted by atomic mass is 10.2. The Morgan fingerprint density at radius 3 is 2.67 bits per heavy atom. The van der Waals surface area contributed by atoms with Gasteiger partial charge >= 0.3 is 17.4 Å². The standard InChI is InChI=1S/C11H10ClN3O3/c1-6-5-7(12)3-4-8(6)15-10(16)13-9(18-2)14-11(15)17/h3-5H,1-2H3,(H,13,14,16,17). The number of aryl methyl sites for hydroxylation is 1. The number of nitrogens with one attached hydrogen (secondary N) is 1. The van der Waals surface area contributed by atoms with Crippen molar-refractivity contribution in [3.05, 3.63) is 49.8 Å². The van der Waals surface area contributed by atoms with E-state index >= 15 is 0 Å². The lowest BCUT2D eigenvalue weighted by Gasteiger charge is -2.08. The molecular formula is C11H10ClN3O3. The van der Waals surface area contributed by atoms with E-state index in [1.807, 2.05) is 0 Å². The van der Waals surface area contributed by atoms with Gasteiger partial charge in [-0.2, -0.15) is 0 Å². The number of nitrogens with zero attached hydrogens (tertiary/aromatic N) is 2. The number of halogens is 1. The maximum Gasteiger partial charge on any atom is 0.360 e. The number of methoxy groups -OCH3 is 1. The average molecular weight is 268 g/mol. The molecule has 1 heterocycles. The summed E-state index contributed by atoms with van der Waals surface area (Å²) in [6.07, 6.45) is 0. The molecule has 1 aromatic carbocycles. The Labute approximate surface area is 107 Å². The molecule has 0 aliphatic rings. The SMILES string of the molecule is COc1nc(=O)n(-c2ccc(Cl)cc2C)c(=O)[nH]1. The highest BCUT2D eigenvalue weighted by Gasteiger charge is 2.10. The van der Waals surface area contributed by atoms with Gasteiger partial charge in [-0.15, -0.1) is 4.98 Å². The Morgan fingerprint density at radius 1 is 1.39 bits per heavy atom. The first-order valence-corrected chi connectivity index (χ1v) is 5.44. The van der Waals surface area contributed by atoms with E-state index in [2.05, 4.69) is 9.97 Å². The van der Waals surface area contributed by atoms with E-state index in [4.69, 9.17) is 16.3 Å². The molecule has 0 radical (unpaired) electrons. The second-order valence-electron chi connectivity index (χ2n) is 3.60. The van der Waals surface area contributed by atoms with E-state index in [1.54, 1.807) is 25.1 Å². The molecule has 6 nitrogen and oxygen atoms in total. The summed E-state index contributed by atoms with van der Waals surface area (Å²) >= 11 is 5.82. The first-order chi connectivity index (χ1) is 8.52. The van der Waals surface area contributed by atoms with E-state index in [0.29, 0.717) is 16.3 Å². The minimum Gasteiger partial charge on any atom is -0.468 e. The molecule has 0 spiro atoms. The average Bonchev–Trinajstić information content (AvgIpc) is 2.30. The molecule has 2 rings (SSSR count). The van der Waals surface area contributed by atoms with Crippen LogP contribution in [0.5, 0.6) is 6.01 Å². The topological polar surface area (TPSA) is 77.0 Å². The summed E-state index contributed by atoms with van der Waals surface area (Å²) in [6.45, 7) is 1.75. The zero-order valence-corrected chi connectivity index (χ0v) is 10.5. The predicted molar refractivity (Wildman–Crippen MR) is 66.8 cm³/mol. The van der Waals surface area contributed by atoms with E-state index in [0.717, 1.165) is 4.57 Å². The van der Waals surface area contributed by atoms with Crippen molar-refractivity contribution >= 4 is 11.6 Å². The minimum absolute atomic E-state index is 0.118. The van der Waals surface area contributed by atoms with Gasteiger partial charge in [-0.1, -0.05) is 11.6 Å². The number of aromatic amines is 1. The highest BCUT2D eigenvalue weighted by Crippen LogP contribution is 2.16. The Bertz CT molecular complexity index is 674. The smallest absolute Gasteiger partial charge is 0.360 e. The van der Waals surface area contributed by atoms with Crippen LogP contribution in [0.1, 0.15) is 5.56 Å². The number of aromatic nitrogens is 3. The molecule has 0 aliphatic carbocycles. The molecule has 0 amide bonds. The molecule has 94 valence electrons. The Hall–Kier alpha value is -2.08. The van der Waals surface area contributed by atoms with E-state index < -0.39 is 11.4 Å². The monoisotopic (exact) mass is 267 g/mol. The molecule has 0 bridgehead atoms. The summed E-state index contributed by atoms with van der Waals surface area (Å²) in [5.41, 5.74) is -0.193. The zero-order chi connectivity index (χ0) is 13.3. The van der Waals surface area contributed by atoms with Gasteiger partial charge in [-0.05, 0) is 30.7 Å². The van der Waals surface area contributed by atoms with E-state index in [-0.39, 0.29) is 6.01 Å². The molecular weight excluding hydrogens is 258 g/mol. The Balaban J connectivity index is 2.72. The number of H-pyrrole nitrogens is 1. The molecule has 0 saturated carbocycles. The summed E-state index contributed by atoms with van der Waals surface area (Å²) in [5, 5.41) is 0.530. The number of rotatable bonds is 2. The molecule has 0 atom stereocenters. The molecule has 1 aromatic heterocycles. The van der Waals surface area contributed by atoms with E-state index in [1.165, 1.54) is 7.11 Å². The molecule has 0 saturated heterocycles. The first kappa shape index (κ1) is 12.4. The van der Waals surface area contributed by atoms with Crippen molar-refractivity contribution in [1.29, 1.82) is 0 Å². The maximum atomic E-state index is 11.8. The summed E-state index contributed by atoms with van der Waals surface area (Å²) in [5.74, 6) is 0. The Kier molecular flexibility index (Phi) is 3.20. The van der Waals surface area contributed by atoms with Gasteiger partial charge in [-0.25, -0.2) is 14.2 Å². The zero-order valence-electron chi connectivity index (χ0n) is 9.73. The van der Waals surface area contributed by atoms with Gasteiger partial charge in [0.15, 0.2) is 0 Å². The van der Waals surface area contributed by atoms with Crippen molar-refractivity contribution in [2.24, 2.45) is 0 Å². The minimum atomic E-state index is -0.707. The van der Waals surface area contributed by atoms with Crippen molar-refractivity contribution in [2.45, 2.75) is 6.92 Å². The number of ether oxygens (including phenoxy) is 1. The van der Waals surface area contributed by atoms with Crippen LogP contribution in [0, 0.1) is 6.92 Å². The van der Waals surface area contributed by atoms with Crippen LogP contribution in [0.25, 0.3) is 5.69 Å². The van der Waals surface area contributed by atoms with Crippen LogP contribution >= 0.6 is 11.6 Å². The van der Waals surface area contributed by atoms with Crippen molar-refractivity contribution in [3.63, 3.8) is 0 Å². The first-order valence-electron chi connectivity index (χ1n) is 5.07. The van der Waals surface area contributed by atoms with Gasteiger partial charge < -0.3 is 4.74 Å². The second-order valence-corrected chi connectivity index (χ2v) is 4.04. The summed E-state index contributed by atoms with van der Waals surface area (Å²) < 4.78 is 5.64. The molecule has 7 heteroatoms. The normalized spacial score (nSPS) is 10.4. The van der Waals surface area contributed by atoms with Crippen LogP contribution in [0.2, 0.25) is 5.02 Å².